The Labute approximate surface area is 93.5 Å². The predicted octanol–water partition coefficient (Wildman–Crippen LogP) is 1.72. The highest BCUT2D eigenvalue weighted by Crippen LogP contribution is 2.19. The minimum atomic E-state index is -0.658. The lowest BCUT2D eigenvalue weighted by molar-refractivity contribution is 0.0598. The molecule has 0 N–H and O–H groups in total. The van der Waals surface area contributed by atoms with Gasteiger partial charge in [0.2, 0.25) is 0 Å². The summed E-state index contributed by atoms with van der Waals surface area (Å²) in [4.78, 5) is 22.3. The van der Waals surface area contributed by atoms with E-state index in [9.17, 15) is 9.59 Å². The summed E-state index contributed by atoms with van der Waals surface area (Å²) in [6.07, 6.45) is 1.17. The van der Waals surface area contributed by atoms with Gasteiger partial charge in [-0.25, -0.2) is 4.79 Å². The zero-order chi connectivity index (χ0) is 12.1. The van der Waals surface area contributed by atoms with Gasteiger partial charge in [0.1, 0.15) is 6.07 Å². The molecule has 0 unspecified atom stereocenters. The van der Waals surface area contributed by atoms with Crippen LogP contribution in [0.5, 0.6) is 0 Å². The summed E-state index contributed by atoms with van der Waals surface area (Å²) < 4.78 is 4.57. The van der Waals surface area contributed by atoms with Crippen LogP contribution in [0.1, 0.15) is 38.8 Å². The van der Waals surface area contributed by atoms with Crippen LogP contribution in [0.2, 0.25) is 0 Å². The van der Waals surface area contributed by atoms with Gasteiger partial charge < -0.3 is 4.74 Å². The van der Waals surface area contributed by atoms with E-state index < -0.39 is 5.97 Å². The van der Waals surface area contributed by atoms with Crippen LogP contribution in [0.3, 0.4) is 0 Å². The van der Waals surface area contributed by atoms with E-state index in [1.165, 1.54) is 13.2 Å². The van der Waals surface area contributed by atoms with E-state index in [-0.39, 0.29) is 16.7 Å². The summed E-state index contributed by atoms with van der Waals surface area (Å²) in [5.74, 6) is -0.658. The van der Waals surface area contributed by atoms with Gasteiger partial charge in [-0.3, -0.25) is 4.79 Å². The van der Waals surface area contributed by atoms with Crippen LogP contribution in [0.4, 0.5) is 0 Å². The van der Waals surface area contributed by atoms with Crippen molar-refractivity contribution >= 4 is 12.3 Å². The average molecular weight is 217 g/mol. The quantitative estimate of drug-likeness (QED) is 0.571. The van der Waals surface area contributed by atoms with Crippen molar-refractivity contribution < 1.29 is 14.3 Å². The van der Waals surface area contributed by atoms with E-state index in [4.69, 9.17) is 5.26 Å². The Bertz CT molecular complexity index is 472. The van der Waals surface area contributed by atoms with Crippen LogP contribution >= 0.6 is 0 Å². The third-order valence-electron chi connectivity index (χ3n) is 2.33. The highest BCUT2D eigenvalue weighted by Gasteiger charge is 2.19. The van der Waals surface area contributed by atoms with Crippen LogP contribution < -0.4 is 0 Å². The highest BCUT2D eigenvalue weighted by molar-refractivity contribution is 6.00. The molecule has 1 aromatic carbocycles. The van der Waals surface area contributed by atoms with Gasteiger partial charge in [0.05, 0.1) is 18.2 Å². The number of hydrogen-bond donors (Lipinski definition) is 0. The van der Waals surface area contributed by atoms with Gasteiger partial charge in [0.25, 0.3) is 0 Å². The lowest BCUT2D eigenvalue weighted by Gasteiger charge is -2.08. The Balaban J connectivity index is 3.56. The number of esters is 1. The van der Waals surface area contributed by atoms with E-state index in [0.717, 1.165) is 5.56 Å². The van der Waals surface area contributed by atoms with Crippen LogP contribution in [0, 0.1) is 11.3 Å². The zero-order valence-electron chi connectivity index (χ0n) is 9.11. The smallest absolute Gasteiger partial charge is 0.339 e. The Morgan fingerprint density at radius 1 is 1.56 bits per heavy atom. The lowest BCUT2D eigenvalue weighted by Crippen LogP contribution is -2.10. The van der Waals surface area contributed by atoms with E-state index in [2.05, 4.69) is 4.74 Å². The number of rotatable bonds is 3. The van der Waals surface area contributed by atoms with Crippen molar-refractivity contribution in [2.45, 2.75) is 13.3 Å². The third kappa shape index (κ3) is 1.94. The maximum absolute atomic E-state index is 11.5. The Morgan fingerprint density at radius 2 is 2.25 bits per heavy atom. The minimum absolute atomic E-state index is 0.0550. The first kappa shape index (κ1) is 11.9. The van der Waals surface area contributed by atoms with Gasteiger partial charge in [0.15, 0.2) is 6.29 Å². The van der Waals surface area contributed by atoms with Gasteiger partial charge in [0, 0.05) is 5.56 Å². The summed E-state index contributed by atoms with van der Waals surface area (Å²) in [5.41, 5.74) is 1.19. The molecule has 82 valence electrons. The summed E-state index contributed by atoms with van der Waals surface area (Å²) >= 11 is 0. The number of hydrogen-bond acceptors (Lipinski definition) is 4. The Hall–Kier alpha value is -2.15. The molecular formula is C12H11NO3. The van der Waals surface area contributed by atoms with Crippen molar-refractivity contribution in [1.82, 2.24) is 0 Å². The van der Waals surface area contributed by atoms with Crippen LogP contribution in [-0.2, 0) is 11.2 Å². The summed E-state index contributed by atoms with van der Waals surface area (Å²) in [5, 5.41) is 9.02. The molecule has 16 heavy (non-hydrogen) atoms. The molecule has 0 fully saturated rings. The maximum Gasteiger partial charge on any atom is 0.339 e. The molecule has 1 rings (SSSR count). The molecule has 0 aromatic heterocycles. The molecule has 0 saturated heterocycles. The van der Waals surface area contributed by atoms with Gasteiger partial charge in [-0.2, -0.15) is 5.26 Å². The number of ether oxygens (including phenoxy) is 1. The second-order valence-corrected chi connectivity index (χ2v) is 3.14. The minimum Gasteiger partial charge on any atom is -0.465 e. The second kappa shape index (κ2) is 5.08. The fourth-order valence-electron chi connectivity index (χ4n) is 1.50. The van der Waals surface area contributed by atoms with E-state index in [0.29, 0.717) is 12.7 Å². The van der Waals surface area contributed by atoms with Gasteiger partial charge in [-0.15, -0.1) is 0 Å². The van der Waals surface area contributed by atoms with E-state index >= 15 is 0 Å². The topological polar surface area (TPSA) is 67.2 Å². The largest absolute Gasteiger partial charge is 0.465 e. The first-order valence-electron chi connectivity index (χ1n) is 4.79. The number of nitriles is 1. The van der Waals surface area contributed by atoms with Crippen molar-refractivity contribution in [2.75, 3.05) is 7.11 Å². The molecule has 0 aliphatic carbocycles. The first-order chi connectivity index (χ1) is 7.69. The molecule has 0 radical (unpaired) electrons. The molecule has 0 spiro atoms. The predicted molar refractivity (Wildman–Crippen MR) is 57.3 cm³/mol. The highest BCUT2D eigenvalue weighted by atomic mass is 16.5. The van der Waals surface area contributed by atoms with Crippen molar-refractivity contribution in [2.24, 2.45) is 0 Å². The number of carbonyl (C=O) groups excluding carboxylic acids is 2. The molecule has 0 bridgehead atoms. The number of aldehydes is 1. The Morgan fingerprint density at radius 3 is 2.69 bits per heavy atom. The fourth-order valence-corrected chi connectivity index (χ4v) is 1.50. The SMILES string of the molecule is CCc1ccc(C=O)c(C(=O)OC)c1C#N. The standard InChI is InChI=1S/C12H11NO3/c1-3-8-4-5-9(7-14)11(10(8)6-13)12(15)16-2/h4-5,7H,3H2,1-2H3. The first-order valence-corrected chi connectivity index (χ1v) is 4.79. The number of aryl methyl sites for hydroxylation is 1. The molecule has 4 nitrogen and oxygen atoms in total. The van der Waals surface area contributed by atoms with Crippen molar-refractivity contribution in [3.8, 4) is 6.07 Å². The van der Waals surface area contributed by atoms with Crippen molar-refractivity contribution in [3.63, 3.8) is 0 Å². The molecule has 4 heteroatoms. The molecule has 0 aliphatic rings. The van der Waals surface area contributed by atoms with Gasteiger partial charge in [-0.1, -0.05) is 19.1 Å². The van der Waals surface area contributed by atoms with Crippen LogP contribution in [-0.4, -0.2) is 19.4 Å². The molecule has 1 aromatic rings. The number of nitrogens with zero attached hydrogens (tertiary/aromatic N) is 1. The van der Waals surface area contributed by atoms with Crippen molar-refractivity contribution in [3.05, 3.63) is 34.4 Å². The summed E-state index contributed by atoms with van der Waals surface area (Å²) in [7, 11) is 1.22. The molecule has 0 heterocycles. The van der Waals surface area contributed by atoms with E-state index in [1.807, 2.05) is 13.0 Å². The summed E-state index contributed by atoms with van der Waals surface area (Å²) in [6.45, 7) is 1.87. The summed E-state index contributed by atoms with van der Waals surface area (Å²) in [6, 6.07) is 5.15. The van der Waals surface area contributed by atoms with E-state index in [1.54, 1.807) is 6.07 Å². The monoisotopic (exact) mass is 217 g/mol. The molecule has 0 aliphatic heterocycles. The number of benzene rings is 1. The molecule has 0 saturated carbocycles. The molecule has 0 atom stereocenters. The lowest BCUT2D eigenvalue weighted by atomic mass is 9.96. The van der Waals surface area contributed by atoms with Crippen LogP contribution in [0.15, 0.2) is 12.1 Å². The van der Waals surface area contributed by atoms with Gasteiger partial charge >= 0.3 is 5.97 Å². The Kier molecular flexibility index (Phi) is 3.78. The normalized spacial score (nSPS) is 9.31. The molecule has 0 amide bonds. The maximum atomic E-state index is 11.5. The fraction of sp³-hybridized carbons (Fsp3) is 0.250. The van der Waals surface area contributed by atoms with Crippen LogP contribution in [0.25, 0.3) is 0 Å². The number of methoxy groups -OCH3 is 1. The van der Waals surface area contributed by atoms with Crippen molar-refractivity contribution in [1.29, 1.82) is 5.26 Å². The third-order valence-corrected chi connectivity index (χ3v) is 2.33. The average Bonchev–Trinajstić information content (AvgIpc) is 2.35. The van der Waals surface area contributed by atoms with Gasteiger partial charge in [-0.05, 0) is 12.0 Å². The molecular weight excluding hydrogens is 206 g/mol. The second-order valence-electron chi connectivity index (χ2n) is 3.14. The number of carbonyl (C=O) groups is 2. The zero-order valence-corrected chi connectivity index (χ0v) is 9.11.